The third-order valence-electron chi connectivity index (χ3n) is 8.44. The maximum atomic E-state index is 12.4. The maximum Gasteiger partial charge on any atom is 0.469 e. The Balaban J connectivity index is 3.97. The summed E-state index contributed by atoms with van der Waals surface area (Å²) < 4.78 is 26.3. The lowest BCUT2D eigenvalue weighted by molar-refractivity contribution is -0.161. The standard InChI is InChI=1S/C39H73O8P/c1-3-5-7-9-11-13-15-17-19-21-23-25-27-29-31-33-38(40)45-35-37(36-46-48(42,43)44)47-39(41)34-32-30-28-26-24-22-20-18-16-14-12-10-8-6-4-2/h17-20,37H,3-16,21-36H2,1-2H3,(H2,42,43,44). The Bertz CT molecular complexity index is 838. The van der Waals surface area contributed by atoms with E-state index in [1.165, 1.54) is 89.9 Å². The molecule has 0 aromatic rings. The zero-order chi connectivity index (χ0) is 35.4. The van der Waals surface area contributed by atoms with Crippen molar-refractivity contribution < 1.29 is 37.9 Å². The summed E-state index contributed by atoms with van der Waals surface area (Å²) in [6, 6.07) is 0. The highest BCUT2D eigenvalue weighted by Crippen LogP contribution is 2.36. The lowest BCUT2D eigenvalue weighted by atomic mass is 10.1. The summed E-state index contributed by atoms with van der Waals surface area (Å²) in [6.07, 6.45) is 38.9. The number of carbonyl (C=O) groups excluding carboxylic acids is 2. The van der Waals surface area contributed by atoms with E-state index in [2.05, 4.69) is 42.7 Å². The van der Waals surface area contributed by atoms with E-state index in [-0.39, 0.29) is 19.4 Å². The van der Waals surface area contributed by atoms with Gasteiger partial charge in [-0.2, -0.15) is 0 Å². The van der Waals surface area contributed by atoms with Crippen LogP contribution >= 0.6 is 7.82 Å². The zero-order valence-corrected chi connectivity index (χ0v) is 31.8. The van der Waals surface area contributed by atoms with Crippen LogP contribution in [0.15, 0.2) is 24.3 Å². The quantitative estimate of drug-likeness (QED) is 0.0287. The van der Waals surface area contributed by atoms with Gasteiger partial charge in [0.2, 0.25) is 0 Å². The summed E-state index contributed by atoms with van der Waals surface area (Å²) in [5.41, 5.74) is 0. The molecule has 9 heteroatoms. The topological polar surface area (TPSA) is 119 Å². The molecular formula is C39H73O8P. The second-order valence-corrected chi connectivity index (χ2v) is 14.5. The summed E-state index contributed by atoms with van der Waals surface area (Å²) in [4.78, 5) is 42.7. The molecule has 0 amide bonds. The van der Waals surface area contributed by atoms with Gasteiger partial charge < -0.3 is 19.3 Å². The second kappa shape index (κ2) is 35.4. The number of ether oxygens (including phenoxy) is 2. The van der Waals surface area contributed by atoms with Crippen molar-refractivity contribution in [1.82, 2.24) is 0 Å². The van der Waals surface area contributed by atoms with E-state index in [9.17, 15) is 14.2 Å². The van der Waals surface area contributed by atoms with E-state index >= 15 is 0 Å². The third-order valence-corrected chi connectivity index (χ3v) is 8.93. The number of unbranched alkanes of at least 4 members (excludes halogenated alkanes) is 22. The Hall–Kier alpha value is -1.47. The molecule has 0 aromatic carbocycles. The van der Waals surface area contributed by atoms with E-state index in [1.54, 1.807) is 0 Å². The van der Waals surface area contributed by atoms with Gasteiger partial charge in [0.1, 0.15) is 6.61 Å². The number of rotatable bonds is 36. The number of phosphoric ester groups is 1. The van der Waals surface area contributed by atoms with E-state index in [1.807, 2.05) is 0 Å². The maximum absolute atomic E-state index is 12.4. The highest BCUT2D eigenvalue weighted by atomic mass is 31.2. The minimum atomic E-state index is -4.75. The molecule has 0 radical (unpaired) electrons. The van der Waals surface area contributed by atoms with Gasteiger partial charge in [-0.15, -0.1) is 0 Å². The van der Waals surface area contributed by atoms with Gasteiger partial charge in [0, 0.05) is 12.8 Å². The molecular weight excluding hydrogens is 627 g/mol. The van der Waals surface area contributed by atoms with Crippen molar-refractivity contribution in [2.24, 2.45) is 0 Å². The monoisotopic (exact) mass is 701 g/mol. The fourth-order valence-corrected chi connectivity index (χ4v) is 5.84. The first-order chi connectivity index (χ1) is 23.3. The molecule has 1 atom stereocenters. The number of esters is 2. The van der Waals surface area contributed by atoms with Crippen LogP contribution in [-0.2, 0) is 28.2 Å². The van der Waals surface area contributed by atoms with E-state index in [4.69, 9.17) is 19.3 Å². The molecule has 0 aliphatic heterocycles. The fraction of sp³-hybridized carbons (Fsp3) is 0.846. The molecule has 0 heterocycles. The van der Waals surface area contributed by atoms with Crippen molar-refractivity contribution >= 4 is 19.8 Å². The van der Waals surface area contributed by atoms with Gasteiger partial charge in [0.15, 0.2) is 6.10 Å². The number of hydrogen-bond donors (Lipinski definition) is 2. The van der Waals surface area contributed by atoms with Crippen LogP contribution in [-0.4, -0.2) is 41.0 Å². The lowest BCUT2D eigenvalue weighted by Gasteiger charge is -2.18. The largest absolute Gasteiger partial charge is 0.469 e. The first-order valence-corrected chi connectivity index (χ1v) is 21.2. The van der Waals surface area contributed by atoms with Gasteiger partial charge in [-0.1, -0.05) is 141 Å². The number of carbonyl (C=O) groups is 2. The Morgan fingerprint density at radius 3 is 1.27 bits per heavy atom. The van der Waals surface area contributed by atoms with Crippen LogP contribution in [0.4, 0.5) is 0 Å². The zero-order valence-electron chi connectivity index (χ0n) is 30.9. The Labute approximate surface area is 294 Å². The van der Waals surface area contributed by atoms with Crippen molar-refractivity contribution in [3.8, 4) is 0 Å². The van der Waals surface area contributed by atoms with Crippen molar-refractivity contribution in [2.45, 2.75) is 200 Å². The third kappa shape index (κ3) is 37.4. The minimum Gasteiger partial charge on any atom is -0.462 e. The number of hydrogen-bond acceptors (Lipinski definition) is 6. The average molecular weight is 701 g/mol. The van der Waals surface area contributed by atoms with Gasteiger partial charge >= 0.3 is 19.8 Å². The van der Waals surface area contributed by atoms with Crippen molar-refractivity contribution in [3.05, 3.63) is 24.3 Å². The molecule has 0 fully saturated rings. The predicted molar refractivity (Wildman–Crippen MR) is 198 cm³/mol. The Kier molecular flexibility index (Phi) is 34.3. The molecule has 0 aliphatic carbocycles. The molecule has 48 heavy (non-hydrogen) atoms. The SMILES string of the molecule is CCCCCCCCC=CCCCCCCCC(=O)OCC(COP(=O)(O)O)OC(=O)CCCCCCCC=CCCCCCCCC. The molecule has 0 spiro atoms. The fourth-order valence-electron chi connectivity index (χ4n) is 5.48. The van der Waals surface area contributed by atoms with Crippen LogP contribution in [0.1, 0.15) is 194 Å². The molecule has 0 aliphatic rings. The van der Waals surface area contributed by atoms with E-state index in [0.717, 1.165) is 64.2 Å². The summed E-state index contributed by atoms with van der Waals surface area (Å²) in [7, 11) is -4.75. The normalized spacial score (nSPS) is 12.7. The van der Waals surface area contributed by atoms with Gasteiger partial charge in [-0.05, 0) is 64.2 Å². The molecule has 0 aromatic heterocycles. The smallest absolute Gasteiger partial charge is 0.462 e. The summed E-state index contributed by atoms with van der Waals surface area (Å²) in [5, 5.41) is 0. The van der Waals surface area contributed by atoms with Gasteiger partial charge in [0.05, 0.1) is 6.61 Å². The average Bonchev–Trinajstić information content (AvgIpc) is 3.05. The lowest BCUT2D eigenvalue weighted by Crippen LogP contribution is -2.29. The Morgan fingerprint density at radius 1 is 0.521 bits per heavy atom. The highest BCUT2D eigenvalue weighted by Gasteiger charge is 2.22. The molecule has 8 nitrogen and oxygen atoms in total. The van der Waals surface area contributed by atoms with Crippen LogP contribution in [0.25, 0.3) is 0 Å². The van der Waals surface area contributed by atoms with Crippen LogP contribution in [0, 0.1) is 0 Å². The predicted octanol–water partition coefficient (Wildman–Crippen LogP) is 11.6. The highest BCUT2D eigenvalue weighted by molar-refractivity contribution is 7.46. The van der Waals surface area contributed by atoms with E-state index < -0.39 is 32.5 Å². The summed E-state index contributed by atoms with van der Waals surface area (Å²) in [5.74, 6) is -0.901. The second-order valence-electron chi connectivity index (χ2n) is 13.2. The Morgan fingerprint density at radius 2 is 0.875 bits per heavy atom. The number of allylic oxidation sites excluding steroid dienone is 4. The molecule has 0 saturated carbocycles. The van der Waals surface area contributed by atoms with E-state index in [0.29, 0.717) is 12.8 Å². The minimum absolute atomic E-state index is 0.202. The van der Waals surface area contributed by atoms with Crippen LogP contribution in [0.2, 0.25) is 0 Å². The molecule has 0 saturated heterocycles. The van der Waals surface area contributed by atoms with Crippen molar-refractivity contribution in [2.75, 3.05) is 13.2 Å². The molecule has 282 valence electrons. The first kappa shape index (κ1) is 46.5. The van der Waals surface area contributed by atoms with Gasteiger partial charge in [-0.3, -0.25) is 14.1 Å². The first-order valence-electron chi connectivity index (χ1n) is 19.6. The van der Waals surface area contributed by atoms with Crippen LogP contribution in [0.5, 0.6) is 0 Å². The van der Waals surface area contributed by atoms with Gasteiger partial charge in [-0.25, -0.2) is 4.57 Å². The molecule has 0 rings (SSSR count). The van der Waals surface area contributed by atoms with Crippen molar-refractivity contribution in [1.29, 1.82) is 0 Å². The van der Waals surface area contributed by atoms with Crippen molar-refractivity contribution in [3.63, 3.8) is 0 Å². The molecule has 0 bridgehead atoms. The summed E-state index contributed by atoms with van der Waals surface area (Å²) >= 11 is 0. The molecule has 2 N–H and O–H groups in total. The summed E-state index contributed by atoms with van der Waals surface area (Å²) in [6.45, 7) is 3.66. The number of phosphoric acid groups is 1. The van der Waals surface area contributed by atoms with Gasteiger partial charge in [0.25, 0.3) is 0 Å². The van der Waals surface area contributed by atoms with Crippen LogP contribution < -0.4 is 0 Å². The molecule has 1 unspecified atom stereocenters. The van der Waals surface area contributed by atoms with Crippen LogP contribution in [0.3, 0.4) is 0 Å².